The van der Waals surface area contributed by atoms with Crippen LogP contribution >= 0.6 is 12.4 Å². The van der Waals surface area contributed by atoms with E-state index in [0.717, 1.165) is 11.1 Å². The molecule has 0 atom stereocenters. The summed E-state index contributed by atoms with van der Waals surface area (Å²) in [7, 11) is 0. The Morgan fingerprint density at radius 3 is 2.08 bits per heavy atom. The zero-order valence-corrected chi connectivity index (χ0v) is 14.7. The zero-order chi connectivity index (χ0) is 18.3. The van der Waals surface area contributed by atoms with Gasteiger partial charge in [0.15, 0.2) is 0 Å². The van der Waals surface area contributed by atoms with Crippen molar-refractivity contribution in [3.05, 3.63) is 59.7 Å². The number of nitrogens with one attached hydrogen (secondary N) is 1. The lowest BCUT2D eigenvalue weighted by Gasteiger charge is -2.09. The molecule has 2 aromatic carbocycles. The molecular formula is C18H20ClF3N2O2. The average Bonchev–Trinajstić information content (AvgIpc) is 2.55. The Bertz CT molecular complexity index is 689. The summed E-state index contributed by atoms with van der Waals surface area (Å²) in [6.45, 7) is 0.515. The maximum atomic E-state index is 12.1. The van der Waals surface area contributed by atoms with E-state index < -0.39 is 6.36 Å². The molecule has 8 heteroatoms. The highest BCUT2D eigenvalue weighted by Gasteiger charge is 2.30. The fraction of sp³-hybridized carbons (Fsp3) is 0.278. The fourth-order valence-electron chi connectivity index (χ4n) is 2.23. The van der Waals surface area contributed by atoms with Gasteiger partial charge >= 0.3 is 6.36 Å². The number of amides is 1. The molecule has 0 aliphatic carbocycles. The van der Waals surface area contributed by atoms with E-state index in [-0.39, 0.29) is 30.5 Å². The van der Waals surface area contributed by atoms with Crippen molar-refractivity contribution in [3.63, 3.8) is 0 Å². The normalized spacial score (nSPS) is 10.7. The number of alkyl halides is 3. The second kappa shape index (κ2) is 9.91. The minimum atomic E-state index is -4.70. The second-order valence-corrected chi connectivity index (χ2v) is 5.53. The first-order valence-electron chi connectivity index (χ1n) is 7.77. The number of carbonyl (C=O) groups is 1. The summed E-state index contributed by atoms with van der Waals surface area (Å²) in [6, 6.07) is 12.9. The third-order valence-electron chi connectivity index (χ3n) is 3.51. The van der Waals surface area contributed by atoms with Gasteiger partial charge in [0, 0.05) is 18.7 Å². The molecule has 0 saturated heterocycles. The molecule has 0 aromatic heterocycles. The lowest BCUT2D eigenvalue weighted by Crippen LogP contribution is -2.25. The SMILES string of the molecule is Cl.Nc1ccc(CCNC(=O)CCc2ccc(OC(F)(F)F)cc2)cc1. The molecule has 142 valence electrons. The molecule has 2 rings (SSSR count). The van der Waals surface area contributed by atoms with Gasteiger partial charge in [-0.3, -0.25) is 4.79 Å². The second-order valence-electron chi connectivity index (χ2n) is 5.53. The van der Waals surface area contributed by atoms with E-state index in [9.17, 15) is 18.0 Å². The number of carbonyl (C=O) groups excluding carboxylic acids is 1. The van der Waals surface area contributed by atoms with E-state index in [0.29, 0.717) is 25.1 Å². The van der Waals surface area contributed by atoms with E-state index in [1.165, 1.54) is 24.3 Å². The standard InChI is InChI=1S/C18H19F3N2O2.ClH/c19-18(20,21)25-16-8-3-13(4-9-16)5-10-17(24)23-12-11-14-1-6-15(22)7-2-14;/h1-4,6-9H,5,10-12,22H2,(H,23,24);1H. The minimum absolute atomic E-state index is 0. The zero-order valence-electron chi connectivity index (χ0n) is 13.9. The van der Waals surface area contributed by atoms with E-state index in [2.05, 4.69) is 10.1 Å². The Balaban J connectivity index is 0.00000338. The van der Waals surface area contributed by atoms with Gasteiger partial charge in [-0.2, -0.15) is 0 Å². The van der Waals surface area contributed by atoms with Gasteiger partial charge in [0.1, 0.15) is 5.75 Å². The molecule has 26 heavy (non-hydrogen) atoms. The first kappa shape index (κ1) is 21.6. The van der Waals surface area contributed by atoms with Crippen LogP contribution in [0.5, 0.6) is 5.75 Å². The van der Waals surface area contributed by atoms with Gasteiger partial charge in [-0.1, -0.05) is 24.3 Å². The Morgan fingerprint density at radius 1 is 0.962 bits per heavy atom. The van der Waals surface area contributed by atoms with E-state index in [4.69, 9.17) is 5.73 Å². The van der Waals surface area contributed by atoms with E-state index in [1.54, 1.807) is 0 Å². The largest absolute Gasteiger partial charge is 0.573 e. The van der Waals surface area contributed by atoms with Crippen molar-refractivity contribution in [1.29, 1.82) is 0 Å². The maximum absolute atomic E-state index is 12.1. The Hall–Kier alpha value is -2.41. The number of halogens is 4. The van der Waals surface area contributed by atoms with Crippen molar-refractivity contribution in [3.8, 4) is 5.75 Å². The summed E-state index contributed by atoms with van der Waals surface area (Å²) in [4.78, 5) is 11.8. The van der Waals surface area contributed by atoms with Crippen molar-refractivity contribution < 1.29 is 22.7 Å². The number of rotatable bonds is 7. The van der Waals surface area contributed by atoms with Crippen LogP contribution in [0.4, 0.5) is 18.9 Å². The molecule has 1 amide bonds. The van der Waals surface area contributed by atoms with Crippen LogP contribution in [0.25, 0.3) is 0 Å². The summed E-state index contributed by atoms with van der Waals surface area (Å²) < 4.78 is 40.0. The third kappa shape index (κ3) is 8.11. The van der Waals surface area contributed by atoms with Gasteiger partial charge in [0.05, 0.1) is 0 Å². The molecule has 4 nitrogen and oxygen atoms in total. The van der Waals surface area contributed by atoms with E-state index >= 15 is 0 Å². The van der Waals surface area contributed by atoms with Crippen molar-refractivity contribution in [2.24, 2.45) is 0 Å². The molecular weight excluding hydrogens is 369 g/mol. The molecule has 0 radical (unpaired) electrons. The smallest absolute Gasteiger partial charge is 0.406 e. The minimum Gasteiger partial charge on any atom is -0.406 e. The lowest BCUT2D eigenvalue weighted by atomic mass is 10.1. The van der Waals surface area contributed by atoms with Gasteiger partial charge in [-0.05, 0) is 48.2 Å². The van der Waals surface area contributed by atoms with Crippen molar-refractivity contribution in [1.82, 2.24) is 5.32 Å². The van der Waals surface area contributed by atoms with Crippen LogP contribution in [-0.4, -0.2) is 18.8 Å². The number of nitrogens with two attached hydrogens (primary N) is 1. The number of aryl methyl sites for hydroxylation is 1. The number of anilines is 1. The van der Waals surface area contributed by atoms with Crippen molar-refractivity contribution >= 4 is 24.0 Å². The molecule has 0 bridgehead atoms. The number of ether oxygens (including phenoxy) is 1. The summed E-state index contributed by atoms with van der Waals surface area (Å²) in [5.74, 6) is -0.379. The first-order chi connectivity index (χ1) is 11.8. The van der Waals surface area contributed by atoms with Crippen LogP contribution in [0.15, 0.2) is 48.5 Å². The molecule has 0 heterocycles. The first-order valence-corrected chi connectivity index (χ1v) is 7.77. The molecule has 0 unspecified atom stereocenters. The summed E-state index contributed by atoms with van der Waals surface area (Å²) >= 11 is 0. The highest BCUT2D eigenvalue weighted by molar-refractivity contribution is 5.85. The van der Waals surface area contributed by atoms with Crippen molar-refractivity contribution in [2.75, 3.05) is 12.3 Å². The summed E-state index contributed by atoms with van der Waals surface area (Å²) in [5, 5.41) is 2.81. The van der Waals surface area contributed by atoms with E-state index in [1.807, 2.05) is 24.3 Å². The predicted octanol–water partition coefficient (Wildman–Crippen LogP) is 3.88. The number of hydrogen-bond acceptors (Lipinski definition) is 3. The Morgan fingerprint density at radius 2 is 1.50 bits per heavy atom. The molecule has 0 aliphatic heterocycles. The lowest BCUT2D eigenvalue weighted by molar-refractivity contribution is -0.274. The highest BCUT2D eigenvalue weighted by Crippen LogP contribution is 2.22. The van der Waals surface area contributed by atoms with Gasteiger partial charge in [-0.25, -0.2) is 0 Å². The van der Waals surface area contributed by atoms with Crippen LogP contribution in [0, 0.1) is 0 Å². The molecule has 0 aliphatic rings. The highest BCUT2D eigenvalue weighted by atomic mass is 35.5. The molecule has 3 N–H and O–H groups in total. The molecule has 0 saturated carbocycles. The quantitative estimate of drug-likeness (QED) is 0.707. The number of nitrogen functional groups attached to an aromatic ring is 1. The fourth-order valence-corrected chi connectivity index (χ4v) is 2.23. The monoisotopic (exact) mass is 388 g/mol. The van der Waals surface area contributed by atoms with Gasteiger partial charge in [0.25, 0.3) is 0 Å². The molecule has 0 fully saturated rings. The third-order valence-corrected chi connectivity index (χ3v) is 3.51. The summed E-state index contributed by atoms with van der Waals surface area (Å²) in [6.07, 6.45) is -3.29. The van der Waals surface area contributed by atoms with Crippen LogP contribution < -0.4 is 15.8 Å². The molecule has 2 aromatic rings. The maximum Gasteiger partial charge on any atom is 0.573 e. The van der Waals surface area contributed by atoms with Crippen LogP contribution in [-0.2, 0) is 17.6 Å². The predicted molar refractivity (Wildman–Crippen MR) is 96.3 cm³/mol. The van der Waals surface area contributed by atoms with Crippen molar-refractivity contribution in [2.45, 2.75) is 25.6 Å². The van der Waals surface area contributed by atoms with Crippen LogP contribution in [0.2, 0.25) is 0 Å². The topological polar surface area (TPSA) is 64.3 Å². The molecule has 0 spiro atoms. The Labute approximate surface area is 155 Å². The summed E-state index contributed by atoms with van der Waals surface area (Å²) in [5.41, 5.74) is 8.14. The van der Waals surface area contributed by atoms with Gasteiger partial charge in [0.2, 0.25) is 5.91 Å². The number of hydrogen-bond donors (Lipinski definition) is 2. The number of benzene rings is 2. The average molecular weight is 389 g/mol. The van der Waals surface area contributed by atoms with Gasteiger partial charge in [-0.15, -0.1) is 25.6 Å². The Kier molecular flexibility index (Phi) is 8.25. The van der Waals surface area contributed by atoms with Crippen LogP contribution in [0.3, 0.4) is 0 Å². The van der Waals surface area contributed by atoms with Gasteiger partial charge < -0.3 is 15.8 Å². The van der Waals surface area contributed by atoms with Crippen LogP contribution in [0.1, 0.15) is 17.5 Å².